The van der Waals surface area contributed by atoms with Crippen molar-refractivity contribution in [2.75, 3.05) is 38.8 Å². The van der Waals surface area contributed by atoms with E-state index >= 15 is 0 Å². The largest absolute Gasteiger partial charge is 0.378 e. The van der Waals surface area contributed by atoms with Crippen molar-refractivity contribution in [3.05, 3.63) is 66.0 Å². The minimum atomic E-state index is -0.424. The summed E-state index contributed by atoms with van der Waals surface area (Å²) in [4.78, 5) is 16.7. The molecule has 2 aromatic carbocycles. The lowest BCUT2D eigenvalue weighted by molar-refractivity contribution is -0.124. The standard InChI is InChI=1S/C23H29FN2O3/c1-17(18-9-5-4-6-10-18)25-14-13-21(22(15-25)29-3)26(23(27)16-28-2)20-12-8-7-11-19(20)24/h4-12,17,21-22H,13-16H2,1-3H3. The van der Waals surface area contributed by atoms with E-state index < -0.39 is 5.82 Å². The number of methoxy groups -OCH3 is 2. The highest BCUT2D eigenvalue weighted by Gasteiger charge is 2.38. The Balaban J connectivity index is 1.84. The molecular weight excluding hydrogens is 371 g/mol. The molecule has 156 valence electrons. The zero-order chi connectivity index (χ0) is 20.8. The van der Waals surface area contributed by atoms with Gasteiger partial charge in [0.1, 0.15) is 12.4 Å². The van der Waals surface area contributed by atoms with Crippen LogP contribution in [0, 0.1) is 5.82 Å². The summed E-state index contributed by atoms with van der Waals surface area (Å²) in [6.07, 6.45) is 0.440. The van der Waals surface area contributed by atoms with Crippen molar-refractivity contribution >= 4 is 11.6 Å². The number of halogens is 1. The highest BCUT2D eigenvalue weighted by atomic mass is 19.1. The Hall–Kier alpha value is -2.28. The van der Waals surface area contributed by atoms with E-state index in [4.69, 9.17) is 9.47 Å². The van der Waals surface area contributed by atoms with Gasteiger partial charge in [-0.2, -0.15) is 0 Å². The van der Waals surface area contributed by atoms with Gasteiger partial charge in [-0.05, 0) is 31.0 Å². The number of likely N-dealkylation sites (tertiary alicyclic amines) is 1. The average Bonchev–Trinajstić information content (AvgIpc) is 2.75. The molecule has 1 fully saturated rings. The summed E-state index contributed by atoms with van der Waals surface area (Å²) in [7, 11) is 3.12. The highest BCUT2D eigenvalue weighted by Crippen LogP contribution is 2.31. The van der Waals surface area contributed by atoms with Crippen LogP contribution in [0.4, 0.5) is 10.1 Å². The molecule has 1 heterocycles. The fourth-order valence-electron chi connectivity index (χ4n) is 4.09. The maximum absolute atomic E-state index is 14.6. The maximum Gasteiger partial charge on any atom is 0.253 e. The molecule has 1 aliphatic rings. The Bertz CT molecular complexity index is 802. The van der Waals surface area contributed by atoms with Crippen LogP contribution in [-0.4, -0.2) is 56.9 Å². The molecule has 1 amide bonds. The fourth-order valence-corrected chi connectivity index (χ4v) is 4.09. The molecule has 0 aromatic heterocycles. The number of hydrogen-bond donors (Lipinski definition) is 0. The lowest BCUT2D eigenvalue weighted by Gasteiger charge is -2.45. The Morgan fingerprint density at radius 1 is 1.17 bits per heavy atom. The molecule has 1 aliphatic heterocycles. The summed E-state index contributed by atoms with van der Waals surface area (Å²) < 4.78 is 25.4. The Morgan fingerprint density at radius 2 is 1.86 bits per heavy atom. The molecule has 6 heteroatoms. The molecule has 0 N–H and O–H groups in total. The normalized spacial score (nSPS) is 21.0. The van der Waals surface area contributed by atoms with E-state index in [1.807, 2.05) is 18.2 Å². The van der Waals surface area contributed by atoms with Crippen molar-refractivity contribution in [3.63, 3.8) is 0 Å². The fraction of sp³-hybridized carbons (Fsp3) is 0.435. The predicted molar refractivity (Wildman–Crippen MR) is 111 cm³/mol. The van der Waals surface area contributed by atoms with Gasteiger partial charge in [-0.25, -0.2) is 4.39 Å². The molecule has 0 saturated carbocycles. The van der Waals surface area contributed by atoms with Crippen LogP contribution < -0.4 is 4.90 Å². The van der Waals surface area contributed by atoms with Gasteiger partial charge in [0.2, 0.25) is 0 Å². The topological polar surface area (TPSA) is 42.0 Å². The second-order valence-corrected chi connectivity index (χ2v) is 7.36. The number of nitrogens with zero attached hydrogens (tertiary/aromatic N) is 2. The van der Waals surface area contributed by atoms with Gasteiger partial charge in [-0.3, -0.25) is 9.69 Å². The molecule has 0 aliphatic carbocycles. The molecule has 0 radical (unpaired) electrons. The van der Waals surface area contributed by atoms with E-state index in [0.717, 1.165) is 6.54 Å². The van der Waals surface area contributed by atoms with Crippen molar-refractivity contribution in [2.45, 2.75) is 31.5 Å². The third-order valence-corrected chi connectivity index (χ3v) is 5.67. The number of carbonyl (C=O) groups excluding carboxylic acids is 1. The lowest BCUT2D eigenvalue weighted by atomic mass is 9.96. The van der Waals surface area contributed by atoms with Gasteiger partial charge in [0, 0.05) is 33.4 Å². The van der Waals surface area contributed by atoms with E-state index in [2.05, 4.69) is 24.0 Å². The maximum atomic E-state index is 14.6. The number of amides is 1. The summed E-state index contributed by atoms with van der Waals surface area (Å²) in [5, 5.41) is 0. The third-order valence-electron chi connectivity index (χ3n) is 5.67. The van der Waals surface area contributed by atoms with Gasteiger partial charge >= 0.3 is 0 Å². The molecule has 3 rings (SSSR count). The van der Waals surface area contributed by atoms with Crippen molar-refractivity contribution < 1.29 is 18.7 Å². The molecule has 0 bridgehead atoms. The molecule has 3 unspecified atom stereocenters. The summed E-state index contributed by atoms with van der Waals surface area (Å²) in [5.74, 6) is -0.693. The van der Waals surface area contributed by atoms with Crippen molar-refractivity contribution in [2.24, 2.45) is 0 Å². The van der Waals surface area contributed by atoms with E-state index in [9.17, 15) is 9.18 Å². The van der Waals surface area contributed by atoms with Crippen LogP contribution >= 0.6 is 0 Å². The first-order chi connectivity index (χ1) is 14.1. The van der Waals surface area contributed by atoms with Crippen LogP contribution in [0.15, 0.2) is 54.6 Å². The van der Waals surface area contributed by atoms with Crippen LogP contribution in [0.1, 0.15) is 24.9 Å². The van der Waals surface area contributed by atoms with Gasteiger partial charge in [0.05, 0.1) is 17.8 Å². The zero-order valence-corrected chi connectivity index (χ0v) is 17.3. The summed E-state index contributed by atoms with van der Waals surface area (Å²) in [6.45, 7) is 3.51. The van der Waals surface area contributed by atoms with E-state index in [-0.39, 0.29) is 36.4 Å². The second-order valence-electron chi connectivity index (χ2n) is 7.36. The van der Waals surface area contributed by atoms with Gasteiger partial charge in [0.25, 0.3) is 5.91 Å². The SMILES string of the molecule is COCC(=O)N(c1ccccc1F)C1CCN(C(C)c2ccccc2)CC1OC. The minimum Gasteiger partial charge on any atom is -0.378 e. The van der Waals surface area contributed by atoms with Crippen LogP contribution in [0.3, 0.4) is 0 Å². The molecule has 1 saturated heterocycles. The number of rotatable bonds is 7. The Labute approximate surface area is 172 Å². The second kappa shape index (κ2) is 9.96. The predicted octanol–water partition coefficient (Wildman–Crippen LogP) is 3.66. The first-order valence-electron chi connectivity index (χ1n) is 9.94. The highest BCUT2D eigenvalue weighted by molar-refractivity contribution is 5.95. The van der Waals surface area contributed by atoms with Crippen LogP contribution in [0.2, 0.25) is 0 Å². The van der Waals surface area contributed by atoms with Crippen LogP contribution in [0.25, 0.3) is 0 Å². The first-order valence-corrected chi connectivity index (χ1v) is 9.94. The molecule has 0 spiro atoms. The number of ether oxygens (including phenoxy) is 2. The first kappa shape index (κ1) is 21.4. The zero-order valence-electron chi connectivity index (χ0n) is 17.3. The van der Waals surface area contributed by atoms with Gasteiger partial charge in [-0.15, -0.1) is 0 Å². The lowest BCUT2D eigenvalue weighted by Crippen LogP contribution is -2.57. The number of anilines is 1. The molecular formula is C23H29FN2O3. The van der Waals surface area contributed by atoms with Crippen molar-refractivity contribution in [1.29, 1.82) is 0 Å². The quantitative estimate of drug-likeness (QED) is 0.711. The Morgan fingerprint density at radius 3 is 2.52 bits per heavy atom. The van der Waals surface area contributed by atoms with Crippen molar-refractivity contribution in [3.8, 4) is 0 Å². The van der Waals surface area contributed by atoms with E-state index in [0.29, 0.717) is 13.0 Å². The summed E-state index contributed by atoms with van der Waals surface area (Å²) >= 11 is 0. The van der Waals surface area contributed by atoms with Crippen LogP contribution in [0.5, 0.6) is 0 Å². The molecule has 3 atom stereocenters. The third kappa shape index (κ3) is 4.83. The number of benzene rings is 2. The number of carbonyl (C=O) groups is 1. The smallest absolute Gasteiger partial charge is 0.253 e. The van der Waals surface area contributed by atoms with Gasteiger partial charge in [0.15, 0.2) is 0 Å². The summed E-state index contributed by atoms with van der Waals surface area (Å²) in [6, 6.07) is 16.6. The number of para-hydroxylation sites is 1. The average molecular weight is 400 g/mol. The molecule has 29 heavy (non-hydrogen) atoms. The number of piperidine rings is 1. The van der Waals surface area contributed by atoms with Gasteiger partial charge < -0.3 is 14.4 Å². The van der Waals surface area contributed by atoms with E-state index in [1.54, 1.807) is 25.3 Å². The Kier molecular flexibility index (Phi) is 7.36. The molecule has 5 nitrogen and oxygen atoms in total. The van der Waals surface area contributed by atoms with Gasteiger partial charge in [-0.1, -0.05) is 42.5 Å². The monoisotopic (exact) mass is 400 g/mol. The van der Waals surface area contributed by atoms with E-state index in [1.165, 1.54) is 23.6 Å². The van der Waals surface area contributed by atoms with Crippen molar-refractivity contribution in [1.82, 2.24) is 4.90 Å². The summed E-state index contributed by atoms with van der Waals surface area (Å²) in [5.41, 5.74) is 1.51. The minimum absolute atomic E-state index is 0.106. The van der Waals surface area contributed by atoms with Crippen LogP contribution in [-0.2, 0) is 14.3 Å². The molecule has 2 aromatic rings. The number of hydrogen-bond acceptors (Lipinski definition) is 4.